The van der Waals surface area contributed by atoms with Crippen molar-refractivity contribution in [3.8, 4) is 5.88 Å². The molecule has 80 valence electrons. The minimum atomic E-state index is -4.44. The van der Waals surface area contributed by atoms with Gasteiger partial charge in [-0.25, -0.2) is 4.98 Å². The van der Waals surface area contributed by atoms with Gasteiger partial charge in [0.05, 0.1) is 18.9 Å². The summed E-state index contributed by atoms with van der Waals surface area (Å²) in [4.78, 5) is 3.55. The van der Waals surface area contributed by atoms with Gasteiger partial charge in [0.15, 0.2) is 0 Å². The van der Waals surface area contributed by atoms with Crippen molar-refractivity contribution < 1.29 is 17.9 Å². The third-order valence-corrected chi connectivity index (χ3v) is 1.95. The summed E-state index contributed by atoms with van der Waals surface area (Å²) in [6.45, 7) is 0. The van der Waals surface area contributed by atoms with E-state index in [9.17, 15) is 13.2 Å². The Kier molecular flexibility index (Phi) is 2.02. The van der Waals surface area contributed by atoms with Crippen LogP contribution in [0.15, 0.2) is 12.4 Å². The van der Waals surface area contributed by atoms with Gasteiger partial charge in [0.25, 0.3) is 0 Å². The van der Waals surface area contributed by atoms with Gasteiger partial charge < -0.3 is 4.74 Å². The topological polar surface area (TPSA) is 50.8 Å². The highest BCUT2D eigenvalue weighted by Crippen LogP contribution is 2.35. The molecule has 0 bridgehead atoms. The molecule has 4 nitrogen and oxygen atoms in total. The van der Waals surface area contributed by atoms with Crippen molar-refractivity contribution in [2.24, 2.45) is 0 Å². The van der Waals surface area contributed by atoms with Crippen molar-refractivity contribution in [2.75, 3.05) is 7.11 Å². The molecule has 0 unspecified atom stereocenters. The molecule has 0 saturated carbocycles. The number of H-pyrrole nitrogens is 1. The second-order valence-electron chi connectivity index (χ2n) is 2.84. The molecule has 0 aromatic carbocycles. The van der Waals surface area contributed by atoms with Crippen molar-refractivity contribution in [2.45, 2.75) is 6.18 Å². The van der Waals surface area contributed by atoms with Crippen LogP contribution in [0.2, 0.25) is 0 Å². The van der Waals surface area contributed by atoms with Gasteiger partial charge in [-0.2, -0.15) is 18.3 Å². The number of pyridine rings is 1. The number of rotatable bonds is 1. The Morgan fingerprint density at radius 3 is 2.67 bits per heavy atom. The first kappa shape index (κ1) is 9.75. The monoisotopic (exact) mass is 217 g/mol. The fourth-order valence-electron chi connectivity index (χ4n) is 1.29. The molecule has 0 aliphatic carbocycles. The zero-order valence-electron chi connectivity index (χ0n) is 7.59. The van der Waals surface area contributed by atoms with E-state index >= 15 is 0 Å². The molecule has 0 aliphatic rings. The van der Waals surface area contributed by atoms with Crippen LogP contribution in [0.5, 0.6) is 5.88 Å². The molecule has 0 radical (unpaired) electrons. The minimum Gasteiger partial charge on any atom is -0.479 e. The lowest BCUT2D eigenvalue weighted by molar-refractivity contribution is -0.136. The van der Waals surface area contributed by atoms with Crippen molar-refractivity contribution >= 4 is 10.9 Å². The Labute approximate surface area is 82.1 Å². The SMILES string of the molecule is COc1ncc(C(F)(F)F)c2cn[nH]c12. The standard InChI is InChI=1S/C8H6F3N3O/c1-15-7-6-4(2-13-14-6)5(3-12-7)8(9,10)11/h2-3H,1H3,(H,13,14). The molecule has 0 aliphatic heterocycles. The number of nitrogens with one attached hydrogen (secondary N) is 1. The molecule has 0 amide bonds. The van der Waals surface area contributed by atoms with Gasteiger partial charge in [-0.1, -0.05) is 0 Å². The highest BCUT2D eigenvalue weighted by atomic mass is 19.4. The molecule has 2 heterocycles. The largest absolute Gasteiger partial charge is 0.479 e. The lowest BCUT2D eigenvalue weighted by Crippen LogP contribution is -2.06. The minimum absolute atomic E-state index is 0.0469. The fourth-order valence-corrected chi connectivity index (χ4v) is 1.29. The van der Waals surface area contributed by atoms with E-state index in [4.69, 9.17) is 4.74 Å². The molecule has 2 aromatic heterocycles. The number of fused-ring (bicyclic) bond motifs is 1. The van der Waals surface area contributed by atoms with Crippen molar-refractivity contribution in [3.63, 3.8) is 0 Å². The van der Waals surface area contributed by atoms with E-state index in [1.807, 2.05) is 0 Å². The van der Waals surface area contributed by atoms with Crippen molar-refractivity contribution in [3.05, 3.63) is 18.0 Å². The molecule has 2 rings (SSSR count). The molecular weight excluding hydrogens is 211 g/mol. The van der Waals surface area contributed by atoms with Crippen LogP contribution in [0.3, 0.4) is 0 Å². The van der Waals surface area contributed by atoms with E-state index < -0.39 is 11.7 Å². The predicted octanol–water partition coefficient (Wildman–Crippen LogP) is 1.99. The quantitative estimate of drug-likeness (QED) is 0.794. The Morgan fingerprint density at radius 2 is 2.07 bits per heavy atom. The Bertz CT molecular complexity index is 491. The predicted molar refractivity (Wildman–Crippen MR) is 45.4 cm³/mol. The number of methoxy groups -OCH3 is 1. The molecule has 0 spiro atoms. The van der Waals surface area contributed by atoms with Crippen LogP contribution in [-0.4, -0.2) is 22.3 Å². The Balaban J connectivity index is 2.74. The van der Waals surface area contributed by atoms with E-state index in [2.05, 4.69) is 15.2 Å². The number of ether oxygens (including phenoxy) is 1. The first-order valence-corrected chi connectivity index (χ1v) is 3.97. The van der Waals surface area contributed by atoms with E-state index in [0.717, 1.165) is 12.4 Å². The van der Waals surface area contributed by atoms with Gasteiger partial charge in [-0.3, -0.25) is 5.10 Å². The maximum atomic E-state index is 12.5. The second-order valence-corrected chi connectivity index (χ2v) is 2.84. The zero-order valence-corrected chi connectivity index (χ0v) is 7.59. The van der Waals surface area contributed by atoms with Crippen LogP contribution in [0.1, 0.15) is 5.56 Å². The van der Waals surface area contributed by atoms with Gasteiger partial charge in [0, 0.05) is 11.6 Å². The maximum absolute atomic E-state index is 12.5. The average Bonchev–Trinajstić information content (AvgIpc) is 2.62. The molecule has 7 heteroatoms. The lowest BCUT2D eigenvalue weighted by atomic mass is 10.2. The zero-order chi connectivity index (χ0) is 11.1. The van der Waals surface area contributed by atoms with Crippen LogP contribution in [-0.2, 0) is 6.18 Å². The summed E-state index contributed by atoms with van der Waals surface area (Å²) in [5.74, 6) is 0.0931. The lowest BCUT2D eigenvalue weighted by Gasteiger charge is -2.08. The summed E-state index contributed by atoms with van der Waals surface area (Å²) in [7, 11) is 1.33. The summed E-state index contributed by atoms with van der Waals surface area (Å²) >= 11 is 0. The molecule has 2 aromatic rings. The van der Waals surface area contributed by atoms with Gasteiger partial charge >= 0.3 is 6.18 Å². The number of alkyl halides is 3. The number of aromatic nitrogens is 3. The molecule has 0 saturated heterocycles. The van der Waals surface area contributed by atoms with Gasteiger partial charge in [-0.15, -0.1) is 0 Å². The van der Waals surface area contributed by atoms with Crippen LogP contribution < -0.4 is 4.74 Å². The van der Waals surface area contributed by atoms with E-state index in [0.29, 0.717) is 0 Å². The van der Waals surface area contributed by atoms with Crippen LogP contribution in [0.4, 0.5) is 13.2 Å². The molecule has 0 fully saturated rings. The molecule has 0 atom stereocenters. The Morgan fingerprint density at radius 1 is 1.33 bits per heavy atom. The molecule has 1 N–H and O–H groups in total. The van der Waals surface area contributed by atoms with Crippen molar-refractivity contribution in [1.29, 1.82) is 0 Å². The van der Waals surface area contributed by atoms with E-state index in [1.165, 1.54) is 7.11 Å². The molecular formula is C8H6F3N3O. The number of hydrogen-bond donors (Lipinski definition) is 1. The van der Waals surface area contributed by atoms with E-state index in [-0.39, 0.29) is 16.8 Å². The van der Waals surface area contributed by atoms with Gasteiger partial charge in [0.1, 0.15) is 5.52 Å². The summed E-state index contributed by atoms with van der Waals surface area (Å²) < 4.78 is 42.3. The molecule has 15 heavy (non-hydrogen) atoms. The van der Waals surface area contributed by atoms with E-state index in [1.54, 1.807) is 0 Å². The number of aromatic amines is 1. The summed E-state index contributed by atoms with van der Waals surface area (Å²) in [5, 5.41) is 5.91. The van der Waals surface area contributed by atoms with Crippen LogP contribution in [0, 0.1) is 0 Å². The third kappa shape index (κ3) is 1.49. The number of hydrogen-bond acceptors (Lipinski definition) is 3. The Hall–Kier alpha value is -1.79. The first-order valence-electron chi connectivity index (χ1n) is 3.97. The first-order chi connectivity index (χ1) is 7.04. The summed E-state index contributed by atoms with van der Waals surface area (Å²) in [5.41, 5.74) is -0.681. The highest BCUT2D eigenvalue weighted by Gasteiger charge is 2.34. The smallest absolute Gasteiger partial charge is 0.418 e. The average molecular weight is 217 g/mol. The van der Waals surface area contributed by atoms with Gasteiger partial charge in [-0.05, 0) is 0 Å². The van der Waals surface area contributed by atoms with Gasteiger partial charge in [0.2, 0.25) is 5.88 Å². The summed E-state index contributed by atoms with van der Waals surface area (Å²) in [6, 6.07) is 0. The third-order valence-electron chi connectivity index (χ3n) is 1.95. The van der Waals surface area contributed by atoms with Crippen molar-refractivity contribution in [1.82, 2.24) is 15.2 Å². The summed E-state index contributed by atoms with van der Waals surface area (Å²) in [6.07, 6.45) is -2.61. The van der Waals surface area contributed by atoms with Crippen LogP contribution in [0.25, 0.3) is 10.9 Å². The fraction of sp³-hybridized carbons (Fsp3) is 0.250. The number of halogens is 3. The number of nitrogens with zero attached hydrogens (tertiary/aromatic N) is 2. The highest BCUT2D eigenvalue weighted by molar-refractivity contribution is 5.85. The maximum Gasteiger partial charge on any atom is 0.418 e. The second kappa shape index (κ2) is 3.11. The normalized spacial score (nSPS) is 12.0. The van der Waals surface area contributed by atoms with Crippen LogP contribution >= 0.6 is 0 Å².